The van der Waals surface area contributed by atoms with Gasteiger partial charge in [-0.2, -0.15) is 0 Å². The molecule has 39 heavy (non-hydrogen) atoms. The summed E-state index contributed by atoms with van der Waals surface area (Å²) in [7, 11) is 0. The molecule has 0 saturated carbocycles. The number of aromatic hydroxyl groups is 1. The number of alkyl halides is 1. The van der Waals surface area contributed by atoms with Crippen molar-refractivity contribution in [3.63, 3.8) is 0 Å². The first-order chi connectivity index (χ1) is 18.6. The first-order valence-corrected chi connectivity index (χ1v) is 13.1. The fraction of sp³-hybridized carbons (Fsp3) is 0.462. The largest absolute Gasteiger partial charge is 0.503 e. The number of aromatic nitrogens is 1. The number of pyridine rings is 1. The Kier molecular flexibility index (Phi) is 8.83. The highest BCUT2D eigenvalue weighted by Gasteiger charge is 2.38. The molecule has 2 aliphatic heterocycles. The topological polar surface area (TPSA) is 113 Å². The number of fused-ring (bicyclic) bond motifs is 4. The zero-order valence-corrected chi connectivity index (χ0v) is 21.9. The van der Waals surface area contributed by atoms with Gasteiger partial charge in [0.05, 0.1) is 11.8 Å². The monoisotopic (exact) mass is 568 g/mol. The minimum atomic E-state index is -1.21. The van der Waals surface area contributed by atoms with Crippen LogP contribution in [0.3, 0.4) is 0 Å². The summed E-state index contributed by atoms with van der Waals surface area (Å²) >= 11 is 5.80. The second-order valence-electron chi connectivity index (χ2n) is 9.60. The molecule has 0 aliphatic carbocycles. The van der Waals surface area contributed by atoms with Crippen LogP contribution >= 0.6 is 11.6 Å². The molecule has 1 aromatic carbocycles. The molecule has 9 nitrogen and oxygen atoms in total. The average Bonchev–Trinajstić information content (AvgIpc) is 2.88. The quantitative estimate of drug-likeness (QED) is 0.389. The fourth-order valence-electron chi connectivity index (χ4n) is 4.76. The number of amides is 2. The summed E-state index contributed by atoms with van der Waals surface area (Å²) in [4.78, 5) is 46.3. The van der Waals surface area contributed by atoms with Crippen molar-refractivity contribution in [2.75, 3.05) is 19.0 Å². The van der Waals surface area contributed by atoms with E-state index in [1.165, 1.54) is 4.57 Å². The van der Waals surface area contributed by atoms with Crippen LogP contribution in [0.2, 0.25) is 0 Å². The third kappa shape index (κ3) is 6.05. The SMILES string of the molecule is C[C@H]1CCO/N=C(/CCCCCl)C[C@H]2CN1C(=O)c1c(O)c(=O)c(C(=O)NCc3c(F)cc(F)cc3F)cn12. The molecule has 3 heterocycles. The lowest BCUT2D eigenvalue weighted by molar-refractivity contribution is 0.0495. The normalized spacial score (nSPS) is 20.5. The van der Waals surface area contributed by atoms with Crippen molar-refractivity contribution >= 4 is 29.1 Å². The van der Waals surface area contributed by atoms with Crippen molar-refractivity contribution < 1.29 is 32.7 Å². The van der Waals surface area contributed by atoms with Crippen LogP contribution in [0.1, 0.15) is 71.5 Å². The van der Waals surface area contributed by atoms with Crippen LogP contribution in [0.25, 0.3) is 0 Å². The highest BCUT2D eigenvalue weighted by atomic mass is 35.5. The number of hydrogen-bond donors (Lipinski definition) is 2. The smallest absolute Gasteiger partial charge is 0.274 e. The maximum Gasteiger partial charge on any atom is 0.274 e. The molecule has 0 spiro atoms. The molecule has 0 saturated heterocycles. The summed E-state index contributed by atoms with van der Waals surface area (Å²) < 4.78 is 42.6. The number of carbonyl (C=O) groups is 2. The number of unbranched alkanes of at least 4 members (excludes halogenated alkanes) is 1. The van der Waals surface area contributed by atoms with Crippen molar-refractivity contribution in [2.45, 2.75) is 57.7 Å². The third-order valence-electron chi connectivity index (χ3n) is 6.92. The molecular weight excluding hydrogens is 541 g/mol. The van der Waals surface area contributed by atoms with Gasteiger partial charge in [0, 0.05) is 61.7 Å². The molecule has 2 bridgehead atoms. The average molecular weight is 569 g/mol. The number of nitrogens with zero attached hydrogens (tertiary/aromatic N) is 3. The lowest BCUT2D eigenvalue weighted by atomic mass is 9.98. The number of hydrogen-bond acceptors (Lipinski definition) is 6. The minimum absolute atomic E-state index is 0.233. The maximum atomic E-state index is 14.0. The van der Waals surface area contributed by atoms with E-state index in [2.05, 4.69) is 10.5 Å². The summed E-state index contributed by atoms with van der Waals surface area (Å²) in [5, 5.41) is 17.3. The Labute approximate surface area is 227 Å². The first kappa shape index (κ1) is 28.5. The summed E-state index contributed by atoms with van der Waals surface area (Å²) in [6.45, 7) is 1.66. The van der Waals surface area contributed by atoms with Crippen LogP contribution in [-0.2, 0) is 11.4 Å². The number of halogens is 4. The highest BCUT2D eigenvalue weighted by Crippen LogP contribution is 2.31. The predicted molar refractivity (Wildman–Crippen MR) is 137 cm³/mol. The Morgan fingerprint density at radius 1 is 1.23 bits per heavy atom. The van der Waals surface area contributed by atoms with Crippen LogP contribution in [0.4, 0.5) is 13.2 Å². The van der Waals surface area contributed by atoms with Crippen molar-refractivity contribution in [1.82, 2.24) is 14.8 Å². The third-order valence-corrected chi connectivity index (χ3v) is 7.19. The van der Waals surface area contributed by atoms with E-state index < -0.39 is 64.2 Å². The van der Waals surface area contributed by atoms with E-state index in [0.29, 0.717) is 43.0 Å². The van der Waals surface area contributed by atoms with Crippen molar-refractivity contribution in [3.05, 3.63) is 62.8 Å². The summed E-state index contributed by atoms with van der Waals surface area (Å²) in [5.41, 5.74) is -1.78. The lowest BCUT2D eigenvalue weighted by Crippen LogP contribution is -2.49. The summed E-state index contributed by atoms with van der Waals surface area (Å²) in [6, 6.07) is 0.164. The van der Waals surface area contributed by atoms with Crippen LogP contribution in [0.15, 0.2) is 28.3 Å². The molecule has 1 aromatic heterocycles. The zero-order valence-electron chi connectivity index (χ0n) is 21.2. The van der Waals surface area contributed by atoms with Gasteiger partial charge in [-0.3, -0.25) is 14.4 Å². The van der Waals surface area contributed by atoms with E-state index in [4.69, 9.17) is 16.4 Å². The minimum Gasteiger partial charge on any atom is -0.503 e. The fourth-order valence-corrected chi connectivity index (χ4v) is 4.95. The van der Waals surface area contributed by atoms with Crippen LogP contribution in [-0.4, -0.2) is 57.2 Å². The van der Waals surface area contributed by atoms with Crippen molar-refractivity contribution in [1.29, 1.82) is 0 Å². The van der Waals surface area contributed by atoms with Crippen LogP contribution in [0.5, 0.6) is 5.75 Å². The van der Waals surface area contributed by atoms with Gasteiger partial charge >= 0.3 is 0 Å². The zero-order chi connectivity index (χ0) is 28.3. The van der Waals surface area contributed by atoms with E-state index in [0.717, 1.165) is 19.0 Å². The van der Waals surface area contributed by atoms with Gasteiger partial charge in [0.1, 0.15) is 29.6 Å². The van der Waals surface area contributed by atoms with Gasteiger partial charge in [-0.25, -0.2) is 13.2 Å². The number of carbonyl (C=O) groups excluding carboxylic acids is 2. The second kappa shape index (κ2) is 12.1. The van der Waals surface area contributed by atoms with Gasteiger partial charge < -0.3 is 24.7 Å². The second-order valence-corrected chi connectivity index (χ2v) is 9.97. The van der Waals surface area contributed by atoms with Gasteiger partial charge in [-0.1, -0.05) is 5.16 Å². The highest BCUT2D eigenvalue weighted by molar-refractivity contribution is 6.17. The van der Waals surface area contributed by atoms with Gasteiger partial charge in [0.2, 0.25) is 5.43 Å². The van der Waals surface area contributed by atoms with E-state index in [-0.39, 0.29) is 24.9 Å². The number of benzene rings is 1. The molecule has 2 N–H and O–H groups in total. The van der Waals surface area contributed by atoms with E-state index >= 15 is 0 Å². The van der Waals surface area contributed by atoms with Gasteiger partial charge in [-0.15, -0.1) is 11.6 Å². The molecule has 2 amide bonds. The maximum absolute atomic E-state index is 14.0. The number of rotatable bonds is 7. The van der Waals surface area contributed by atoms with Gasteiger partial charge in [0.25, 0.3) is 11.8 Å². The summed E-state index contributed by atoms with van der Waals surface area (Å²) in [5.74, 6) is -5.55. The Balaban J connectivity index is 1.69. The molecule has 210 valence electrons. The van der Waals surface area contributed by atoms with E-state index in [1.807, 2.05) is 6.92 Å². The number of oxime groups is 1. The van der Waals surface area contributed by atoms with E-state index in [1.54, 1.807) is 4.90 Å². The van der Waals surface area contributed by atoms with Gasteiger partial charge in [-0.05, 0) is 26.2 Å². The predicted octanol–water partition coefficient (Wildman–Crippen LogP) is 3.86. The Hall–Kier alpha value is -3.54. The Morgan fingerprint density at radius 3 is 2.64 bits per heavy atom. The van der Waals surface area contributed by atoms with Crippen LogP contribution < -0.4 is 10.7 Å². The molecule has 2 aliphatic rings. The van der Waals surface area contributed by atoms with E-state index in [9.17, 15) is 32.7 Å². The molecule has 0 radical (unpaired) electrons. The molecule has 0 unspecified atom stereocenters. The Morgan fingerprint density at radius 2 is 1.95 bits per heavy atom. The molecule has 0 fully saturated rings. The molecule has 13 heteroatoms. The first-order valence-electron chi connectivity index (χ1n) is 12.6. The number of nitrogens with one attached hydrogen (secondary N) is 1. The van der Waals surface area contributed by atoms with Gasteiger partial charge in [0.15, 0.2) is 11.4 Å². The molecule has 2 atom stereocenters. The Bertz CT molecular complexity index is 1340. The molecular formula is C26H28ClF3N4O5. The lowest BCUT2D eigenvalue weighted by Gasteiger charge is -2.40. The van der Waals surface area contributed by atoms with Crippen LogP contribution in [0, 0.1) is 17.5 Å². The van der Waals surface area contributed by atoms with Crippen molar-refractivity contribution in [3.8, 4) is 5.75 Å². The summed E-state index contributed by atoms with van der Waals surface area (Å²) in [6.07, 6.45) is 4.04. The molecule has 2 aromatic rings. The standard InChI is InChI=1S/C26H28ClF3N4O5/c1-14-5-7-39-32-16(4-2-3-6-27)10-17-12-33(14)26(38)22-24(36)23(35)19(13-34(17)22)25(37)31-11-18-20(29)8-15(28)9-21(18)30/h8-9,13-14,17,36H,2-7,10-12H2,1H3,(H,31,37)/b32-16-/t14-,17-/m0/s1. The van der Waals surface area contributed by atoms with Crippen molar-refractivity contribution in [2.24, 2.45) is 5.16 Å². The molecule has 4 rings (SSSR count).